The van der Waals surface area contributed by atoms with E-state index in [1.54, 1.807) is 0 Å². The van der Waals surface area contributed by atoms with Gasteiger partial charge in [-0.15, -0.1) is 0 Å². The van der Waals surface area contributed by atoms with E-state index in [4.69, 9.17) is 0 Å². The minimum absolute atomic E-state index is 0.0367. The lowest BCUT2D eigenvalue weighted by atomic mass is 9.84. The molecular formula is C19H26N2O. The minimum Gasteiger partial charge on any atom is -0.348 e. The van der Waals surface area contributed by atoms with Gasteiger partial charge in [0.25, 0.3) is 5.91 Å². The van der Waals surface area contributed by atoms with E-state index in [2.05, 4.69) is 28.8 Å². The molecule has 118 valence electrons. The van der Waals surface area contributed by atoms with Crippen molar-refractivity contribution in [2.75, 3.05) is 19.6 Å². The standard InChI is InChI=1S/C19H26N2O/c22-19(21-14-15-10-12-20-13-11-15)18-8-6-17(7-9-18)16-4-2-1-3-5-16/h6-10,16,20H,1-5,11-14H2,(H,21,22). The number of rotatable bonds is 4. The molecule has 3 nitrogen and oxygen atoms in total. The molecule has 1 heterocycles. The van der Waals surface area contributed by atoms with E-state index in [0.717, 1.165) is 25.1 Å². The van der Waals surface area contributed by atoms with Crippen molar-refractivity contribution in [3.63, 3.8) is 0 Å². The van der Waals surface area contributed by atoms with E-state index >= 15 is 0 Å². The Balaban J connectivity index is 1.55. The van der Waals surface area contributed by atoms with Gasteiger partial charge < -0.3 is 10.6 Å². The monoisotopic (exact) mass is 298 g/mol. The summed E-state index contributed by atoms with van der Waals surface area (Å²) in [4.78, 5) is 12.2. The number of amides is 1. The average Bonchev–Trinajstić information content (AvgIpc) is 2.61. The van der Waals surface area contributed by atoms with Crippen LogP contribution in [0.15, 0.2) is 35.9 Å². The first-order valence-corrected chi connectivity index (χ1v) is 8.60. The molecule has 0 aromatic heterocycles. The SMILES string of the molecule is O=C(NCC1=CCNCC1)c1ccc(C2CCCCC2)cc1. The van der Waals surface area contributed by atoms with Crippen molar-refractivity contribution >= 4 is 5.91 Å². The minimum atomic E-state index is 0.0367. The van der Waals surface area contributed by atoms with Crippen LogP contribution in [-0.4, -0.2) is 25.5 Å². The first-order valence-electron chi connectivity index (χ1n) is 8.60. The normalized spacial score (nSPS) is 19.5. The molecule has 2 aliphatic rings. The summed E-state index contributed by atoms with van der Waals surface area (Å²) in [5.74, 6) is 0.736. The molecule has 1 aromatic carbocycles. The van der Waals surface area contributed by atoms with Gasteiger partial charge in [0.2, 0.25) is 0 Å². The zero-order valence-corrected chi connectivity index (χ0v) is 13.2. The molecule has 0 spiro atoms. The highest BCUT2D eigenvalue weighted by Crippen LogP contribution is 2.32. The first-order chi connectivity index (χ1) is 10.8. The number of hydrogen-bond donors (Lipinski definition) is 2. The fourth-order valence-electron chi connectivity index (χ4n) is 3.47. The Bertz CT molecular complexity index is 527. The maximum Gasteiger partial charge on any atom is 0.251 e. The molecule has 2 N–H and O–H groups in total. The summed E-state index contributed by atoms with van der Waals surface area (Å²) in [6, 6.07) is 8.26. The Morgan fingerprint density at radius 2 is 1.91 bits per heavy atom. The van der Waals surface area contributed by atoms with Gasteiger partial charge in [0.15, 0.2) is 0 Å². The van der Waals surface area contributed by atoms with Crippen LogP contribution in [0.3, 0.4) is 0 Å². The fraction of sp³-hybridized carbons (Fsp3) is 0.526. The van der Waals surface area contributed by atoms with Gasteiger partial charge in [-0.05, 0) is 49.4 Å². The predicted molar refractivity (Wildman–Crippen MR) is 90.2 cm³/mol. The molecule has 1 saturated carbocycles. The maximum absolute atomic E-state index is 12.2. The third-order valence-corrected chi connectivity index (χ3v) is 4.88. The number of hydrogen-bond acceptors (Lipinski definition) is 2. The second-order valence-corrected chi connectivity index (χ2v) is 6.46. The second-order valence-electron chi connectivity index (χ2n) is 6.46. The van der Waals surface area contributed by atoms with Gasteiger partial charge in [-0.25, -0.2) is 0 Å². The van der Waals surface area contributed by atoms with Crippen molar-refractivity contribution in [2.24, 2.45) is 0 Å². The highest BCUT2D eigenvalue weighted by molar-refractivity contribution is 5.94. The van der Waals surface area contributed by atoms with E-state index in [1.807, 2.05) is 12.1 Å². The van der Waals surface area contributed by atoms with Crippen LogP contribution >= 0.6 is 0 Å². The zero-order valence-electron chi connectivity index (χ0n) is 13.2. The summed E-state index contributed by atoms with van der Waals surface area (Å²) < 4.78 is 0. The molecule has 1 amide bonds. The van der Waals surface area contributed by atoms with Crippen LogP contribution in [0.5, 0.6) is 0 Å². The molecule has 1 fully saturated rings. The van der Waals surface area contributed by atoms with E-state index < -0.39 is 0 Å². The van der Waals surface area contributed by atoms with Crippen molar-refractivity contribution in [3.8, 4) is 0 Å². The first kappa shape index (κ1) is 15.3. The number of benzene rings is 1. The Morgan fingerprint density at radius 3 is 2.59 bits per heavy atom. The van der Waals surface area contributed by atoms with Gasteiger partial charge >= 0.3 is 0 Å². The van der Waals surface area contributed by atoms with Crippen LogP contribution in [0, 0.1) is 0 Å². The highest BCUT2D eigenvalue weighted by atomic mass is 16.1. The van der Waals surface area contributed by atoms with E-state index in [9.17, 15) is 4.79 Å². The molecule has 3 rings (SSSR count). The fourth-order valence-corrected chi connectivity index (χ4v) is 3.47. The average molecular weight is 298 g/mol. The number of carbonyl (C=O) groups is 1. The molecule has 0 saturated heterocycles. The molecule has 22 heavy (non-hydrogen) atoms. The summed E-state index contributed by atoms with van der Waals surface area (Å²) in [5.41, 5.74) is 3.50. The molecule has 0 bridgehead atoms. The number of carbonyl (C=O) groups excluding carboxylic acids is 1. The Morgan fingerprint density at radius 1 is 1.14 bits per heavy atom. The molecule has 0 atom stereocenters. The van der Waals surface area contributed by atoms with Crippen LogP contribution < -0.4 is 10.6 Å². The van der Waals surface area contributed by atoms with Gasteiger partial charge in [0.1, 0.15) is 0 Å². The van der Waals surface area contributed by atoms with Crippen molar-refractivity contribution < 1.29 is 4.79 Å². The molecule has 0 unspecified atom stereocenters. The lowest BCUT2D eigenvalue weighted by Crippen LogP contribution is -2.29. The zero-order chi connectivity index (χ0) is 15.2. The topological polar surface area (TPSA) is 41.1 Å². The van der Waals surface area contributed by atoms with Crippen LogP contribution in [0.25, 0.3) is 0 Å². The van der Waals surface area contributed by atoms with Crippen LogP contribution in [0.1, 0.15) is 60.4 Å². The Labute approximate surface area is 133 Å². The van der Waals surface area contributed by atoms with Crippen molar-refractivity contribution in [1.29, 1.82) is 0 Å². The lowest BCUT2D eigenvalue weighted by Gasteiger charge is -2.22. The molecule has 1 aliphatic carbocycles. The van der Waals surface area contributed by atoms with E-state index in [-0.39, 0.29) is 5.91 Å². The largest absolute Gasteiger partial charge is 0.348 e. The van der Waals surface area contributed by atoms with Crippen LogP contribution in [0.2, 0.25) is 0 Å². The van der Waals surface area contributed by atoms with Crippen molar-refractivity contribution in [2.45, 2.75) is 44.4 Å². The van der Waals surface area contributed by atoms with Crippen molar-refractivity contribution in [1.82, 2.24) is 10.6 Å². The second kappa shape index (κ2) is 7.59. The van der Waals surface area contributed by atoms with E-state index in [0.29, 0.717) is 12.5 Å². The summed E-state index contributed by atoms with van der Waals surface area (Å²) >= 11 is 0. The molecule has 0 radical (unpaired) electrons. The predicted octanol–water partition coefficient (Wildman–Crippen LogP) is 3.38. The quantitative estimate of drug-likeness (QED) is 0.837. The smallest absolute Gasteiger partial charge is 0.251 e. The highest BCUT2D eigenvalue weighted by Gasteiger charge is 2.16. The Kier molecular flexibility index (Phi) is 5.28. The summed E-state index contributed by atoms with van der Waals surface area (Å²) in [6.45, 7) is 2.60. The van der Waals surface area contributed by atoms with Crippen molar-refractivity contribution in [3.05, 3.63) is 47.0 Å². The van der Waals surface area contributed by atoms with Crippen LogP contribution in [0.4, 0.5) is 0 Å². The lowest BCUT2D eigenvalue weighted by molar-refractivity contribution is 0.0956. The van der Waals surface area contributed by atoms with Gasteiger partial charge in [-0.2, -0.15) is 0 Å². The summed E-state index contributed by atoms with van der Waals surface area (Å²) in [6.07, 6.45) is 9.87. The summed E-state index contributed by atoms with van der Waals surface area (Å²) in [7, 11) is 0. The maximum atomic E-state index is 12.2. The molecule has 3 heteroatoms. The molecular weight excluding hydrogens is 272 g/mol. The third-order valence-electron chi connectivity index (χ3n) is 4.88. The Hall–Kier alpha value is -1.61. The third kappa shape index (κ3) is 3.98. The van der Waals surface area contributed by atoms with Gasteiger partial charge in [-0.1, -0.05) is 43.0 Å². The molecule has 1 aliphatic heterocycles. The van der Waals surface area contributed by atoms with Crippen LogP contribution in [-0.2, 0) is 0 Å². The van der Waals surface area contributed by atoms with Gasteiger partial charge in [0.05, 0.1) is 0 Å². The van der Waals surface area contributed by atoms with Gasteiger partial charge in [0, 0.05) is 18.7 Å². The summed E-state index contributed by atoms with van der Waals surface area (Å²) in [5, 5.41) is 6.31. The molecule has 1 aromatic rings. The van der Waals surface area contributed by atoms with Gasteiger partial charge in [-0.3, -0.25) is 4.79 Å². The number of nitrogens with one attached hydrogen (secondary N) is 2. The van der Waals surface area contributed by atoms with E-state index in [1.165, 1.54) is 43.2 Å².